The quantitative estimate of drug-likeness (QED) is 0.517. The van der Waals surface area contributed by atoms with E-state index in [1.165, 1.54) is 0 Å². The molecule has 1 heterocycles. The lowest BCUT2D eigenvalue weighted by molar-refractivity contribution is 0.112. The molecule has 0 fully saturated rings. The van der Waals surface area contributed by atoms with E-state index in [1.807, 2.05) is 17.5 Å². The lowest BCUT2D eigenvalue weighted by Crippen LogP contribution is -1.97. The predicted octanol–water partition coefficient (Wildman–Crippen LogP) is 3.19. The van der Waals surface area contributed by atoms with E-state index in [0.29, 0.717) is 16.6 Å². The first-order valence-electron chi connectivity index (χ1n) is 4.07. The molecule has 0 unspecified atom stereocenters. The highest BCUT2D eigenvalue weighted by Gasteiger charge is 2.10. The third-order valence-corrected chi connectivity index (χ3v) is 3.74. The largest absolute Gasteiger partial charge is 0.398 e. The van der Waals surface area contributed by atoms with Gasteiger partial charge in [-0.2, -0.15) is 0 Å². The number of fused-ring (bicyclic) bond motifs is 1. The number of carbonyl (C=O) groups excluding carboxylic acids is 1. The molecule has 2 N–H and O–H groups in total. The fourth-order valence-corrected chi connectivity index (χ4v) is 2.80. The van der Waals surface area contributed by atoms with Crippen molar-refractivity contribution in [1.82, 2.24) is 0 Å². The highest BCUT2D eigenvalue weighted by atomic mass is 79.9. The summed E-state index contributed by atoms with van der Waals surface area (Å²) < 4.78 is 0.974. The maximum absolute atomic E-state index is 10.9. The maximum atomic E-state index is 10.9. The first-order chi connectivity index (χ1) is 6.77. The van der Waals surface area contributed by atoms with Crippen LogP contribution in [-0.2, 0) is 5.33 Å². The van der Waals surface area contributed by atoms with Crippen LogP contribution in [0.25, 0.3) is 10.1 Å². The van der Waals surface area contributed by atoms with Crippen LogP contribution in [0.1, 0.15) is 15.9 Å². The number of anilines is 1. The minimum absolute atomic E-state index is 0.590. The lowest BCUT2D eigenvalue weighted by Gasteiger charge is -2.05. The molecule has 2 aromatic rings. The molecule has 0 aliphatic rings. The minimum atomic E-state index is 0.590. The van der Waals surface area contributed by atoms with Crippen molar-refractivity contribution >= 4 is 49.3 Å². The van der Waals surface area contributed by atoms with E-state index < -0.39 is 0 Å². The van der Waals surface area contributed by atoms with Gasteiger partial charge in [-0.15, -0.1) is 11.3 Å². The number of hydrogen-bond acceptors (Lipinski definition) is 3. The van der Waals surface area contributed by atoms with E-state index in [1.54, 1.807) is 11.3 Å². The first-order valence-corrected chi connectivity index (χ1v) is 6.07. The van der Waals surface area contributed by atoms with Gasteiger partial charge in [-0.05, 0) is 28.5 Å². The number of carbonyl (C=O) groups is 1. The molecule has 4 heteroatoms. The number of aldehydes is 1. The molecule has 0 aliphatic heterocycles. The zero-order valence-electron chi connectivity index (χ0n) is 7.29. The van der Waals surface area contributed by atoms with Gasteiger partial charge < -0.3 is 5.73 Å². The summed E-state index contributed by atoms with van der Waals surface area (Å²) in [6.07, 6.45) is 0.834. The van der Waals surface area contributed by atoms with Crippen LogP contribution < -0.4 is 5.73 Å². The fraction of sp³-hybridized carbons (Fsp3) is 0.100. The van der Waals surface area contributed by atoms with E-state index in [-0.39, 0.29) is 0 Å². The minimum Gasteiger partial charge on any atom is -0.398 e. The molecule has 1 aromatic carbocycles. The van der Waals surface area contributed by atoms with Crippen molar-refractivity contribution < 1.29 is 4.79 Å². The molecule has 0 aliphatic carbocycles. The zero-order valence-corrected chi connectivity index (χ0v) is 9.69. The molecule has 0 radical (unpaired) electrons. The number of halogens is 1. The zero-order chi connectivity index (χ0) is 10.1. The molecular weight excluding hydrogens is 262 g/mol. The number of nitrogen functional groups attached to an aromatic ring is 1. The SMILES string of the molecule is Nc1c(CBr)cc2ccsc2c1C=O. The van der Waals surface area contributed by atoms with Crippen molar-refractivity contribution in [3.63, 3.8) is 0 Å². The van der Waals surface area contributed by atoms with Crippen LogP contribution in [0.2, 0.25) is 0 Å². The average Bonchev–Trinajstić information content (AvgIpc) is 2.64. The second-order valence-electron chi connectivity index (χ2n) is 2.95. The normalized spacial score (nSPS) is 10.6. The van der Waals surface area contributed by atoms with Gasteiger partial charge >= 0.3 is 0 Å². The smallest absolute Gasteiger partial charge is 0.153 e. The van der Waals surface area contributed by atoms with Crippen molar-refractivity contribution in [2.75, 3.05) is 5.73 Å². The Hall–Kier alpha value is -0.870. The average molecular weight is 270 g/mol. The maximum Gasteiger partial charge on any atom is 0.153 e. The van der Waals surface area contributed by atoms with Gasteiger partial charge in [0.25, 0.3) is 0 Å². The number of nitrogens with two attached hydrogens (primary N) is 1. The highest BCUT2D eigenvalue weighted by molar-refractivity contribution is 9.08. The van der Waals surface area contributed by atoms with Gasteiger partial charge in [0.05, 0.1) is 5.56 Å². The Labute approximate surface area is 93.9 Å². The van der Waals surface area contributed by atoms with E-state index in [9.17, 15) is 4.79 Å². The third kappa shape index (κ3) is 1.35. The predicted molar refractivity (Wildman–Crippen MR) is 64.3 cm³/mol. The Balaban J connectivity index is 2.87. The van der Waals surface area contributed by atoms with Crippen LogP contribution in [0, 0.1) is 0 Å². The summed E-state index contributed by atoms with van der Waals surface area (Å²) in [7, 11) is 0. The monoisotopic (exact) mass is 269 g/mol. The van der Waals surface area contributed by atoms with Crippen LogP contribution in [-0.4, -0.2) is 6.29 Å². The summed E-state index contributed by atoms with van der Waals surface area (Å²) in [6.45, 7) is 0. The molecule has 0 saturated carbocycles. The van der Waals surface area contributed by atoms with Crippen LogP contribution in [0.5, 0.6) is 0 Å². The molecular formula is C10H8BrNOS. The fourth-order valence-electron chi connectivity index (χ4n) is 1.44. The molecule has 2 rings (SSSR count). The molecule has 14 heavy (non-hydrogen) atoms. The third-order valence-electron chi connectivity index (χ3n) is 2.17. The number of alkyl halides is 1. The van der Waals surface area contributed by atoms with Crippen LogP contribution >= 0.6 is 27.3 Å². The Bertz CT molecular complexity index is 492. The second-order valence-corrected chi connectivity index (χ2v) is 4.43. The highest BCUT2D eigenvalue weighted by Crippen LogP contribution is 2.31. The standard InChI is InChI=1S/C10H8BrNOS/c11-4-7-3-6-1-2-14-10(6)8(5-13)9(7)12/h1-3,5H,4,12H2. The molecule has 0 atom stereocenters. The van der Waals surface area contributed by atoms with Crippen LogP contribution in [0.4, 0.5) is 5.69 Å². The van der Waals surface area contributed by atoms with Crippen molar-refractivity contribution in [1.29, 1.82) is 0 Å². The van der Waals surface area contributed by atoms with Crippen molar-refractivity contribution in [2.45, 2.75) is 5.33 Å². The lowest BCUT2D eigenvalue weighted by atomic mass is 10.1. The van der Waals surface area contributed by atoms with Crippen molar-refractivity contribution in [2.24, 2.45) is 0 Å². The number of benzene rings is 1. The Kier molecular flexibility index (Phi) is 2.56. The molecule has 1 aromatic heterocycles. The summed E-state index contributed by atoms with van der Waals surface area (Å²) in [5.74, 6) is 0. The molecule has 0 saturated heterocycles. The Morgan fingerprint density at radius 2 is 2.36 bits per heavy atom. The molecule has 0 spiro atoms. The molecule has 72 valence electrons. The Morgan fingerprint density at radius 3 is 3.00 bits per heavy atom. The van der Waals surface area contributed by atoms with Gasteiger partial charge in [-0.25, -0.2) is 0 Å². The molecule has 0 amide bonds. The van der Waals surface area contributed by atoms with E-state index >= 15 is 0 Å². The summed E-state index contributed by atoms with van der Waals surface area (Å²) in [4.78, 5) is 10.9. The first kappa shape index (κ1) is 9.68. The van der Waals surface area contributed by atoms with Gasteiger partial charge in [0, 0.05) is 15.7 Å². The van der Waals surface area contributed by atoms with Crippen molar-refractivity contribution in [3.05, 3.63) is 28.6 Å². The number of hydrogen-bond donors (Lipinski definition) is 1. The number of rotatable bonds is 2. The summed E-state index contributed by atoms with van der Waals surface area (Å²) >= 11 is 4.90. The summed E-state index contributed by atoms with van der Waals surface area (Å²) in [5, 5.41) is 3.72. The Morgan fingerprint density at radius 1 is 1.57 bits per heavy atom. The summed E-state index contributed by atoms with van der Waals surface area (Å²) in [6, 6.07) is 4.02. The van der Waals surface area contributed by atoms with Crippen LogP contribution in [0.3, 0.4) is 0 Å². The van der Waals surface area contributed by atoms with Gasteiger partial charge in [-0.3, -0.25) is 4.79 Å². The number of thiophene rings is 1. The van der Waals surface area contributed by atoms with E-state index in [0.717, 1.165) is 21.9 Å². The van der Waals surface area contributed by atoms with E-state index in [2.05, 4.69) is 15.9 Å². The van der Waals surface area contributed by atoms with Gasteiger partial charge in [0.15, 0.2) is 6.29 Å². The van der Waals surface area contributed by atoms with Gasteiger partial charge in [0.1, 0.15) is 0 Å². The topological polar surface area (TPSA) is 43.1 Å². The van der Waals surface area contributed by atoms with E-state index in [4.69, 9.17) is 5.73 Å². The van der Waals surface area contributed by atoms with Crippen molar-refractivity contribution in [3.8, 4) is 0 Å². The molecule has 2 nitrogen and oxygen atoms in total. The van der Waals surface area contributed by atoms with Crippen LogP contribution in [0.15, 0.2) is 17.5 Å². The summed E-state index contributed by atoms with van der Waals surface area (Å²) in [5.41, 5.74) is 8.05. The second kappa shape index (κ2) is 3.71. The van der Waals surface area contributed by atoms with Gasteiger partial charge in [0.2, 0.25) is 0 Å². The molecule has 0 bridgehead atoms. The van der Waals surface area contributed by atoms with Gasteiger partial charge in [-0.1, -0.05) is 15.9 Å².